The Labute approximate surface area is 159 Å². The molecule has 27 heavy (non-hydrogen) atoms. The van der Waals surface area contributed by atoms with Crippen LogP contribution in [0.15, 0.2) is 20.5 Å². The molecule has 0 aromatic carbocycles. The van der Waals surface area contributed by atoms with Crippen LogP contribution in [-0.2, 0) is 14.3 Å². The van der Waals surface area contributed by atoms with Crippen molar-refractivity contribution in [2.75, 3.05) is 7.11 Å². The molecule has 0 spiro atoms. The van der Waals surface area contributed by atoms with Crippen molar-refractivity contribution >= 4 is 11.9 Å². The number of ether oxygens (including phenoxy) is 1. The van der Waals surface area contributed by atoms with E-state index in [9.17, 15) is 9.59 Å². The minimum atomic E-state index is -1.34. The molecular weight excluding hydrogens is 352 g/mol. The van der Waals surface area contributed by atoms with E-state index in [1.165, 1.54) is 34.8 Å². The third-order valence-electron chi connectivity index (χ3n) is 2.86. The van der Waals surface area contributed by atoms with Gasteiger partial charge in [-0.1, -0.05) is 0 Å². The molecule has 0 saturated carbocycles. The number of esters is 1. The summed E-state index contributed by atoms with van der Waals surface area (Å²) in [4.78, 5) is 21.9. The van der Waals surface area contributed by atoms with Crippen molar-refractivity contribution in [3.05, 3.63) is 0 Å². The fraction of sp³-hybridized carbons (Fsp3) is 0.765. The van der Waals surface area contributed by atoms with E-state index in [0.29, 0.717) is 0 Å². The molecule has 0 aliphatic rings. The maximum absolute atomic E-state index is 11.2. The molecule has 0 unspecified atom stereocenters. The number of rotatable bonds is 6. The first kappa shape index (κ1) is 26.4. The van der Waals surface area contributed by atoms with E-state index < -0.39 is 34.1 Å². The second-order valence-corrected chi connectivity index (χ2v) is 7.66. The largest absolute Gasteiger partial charge is 0.479 e. The number of methoxy groups -OCH3 is 1. The second-order valence-electron chi connectivity index (χ2n) is 7.66. The van der Waals surface area contributed by atoms with Gasteiger partial charge in [-0.15, -0.1) is 0 Å². The predicted octanol–water partition coefficient (Wildman–Crippen LogP) is 3.30. The van der Waals surface area contributed by atoms with E-state index in [4.69, 9.17) is 15.6 Å². The summed E-state index contributed by atoms with van der Waals surface area (Å²) in [6, 6.07) is 3.94. The number of nitrogens with zero attached hydrogens (tertiary/aromatic N) is 6. The molecule has 0 aliphatic heterocycles. The Balaban J connectivity index is 0. The average Bonchev–Trinajstić information content (AvgIpc) is 2.58. The number of hydrogen-bond acceptors (Lipinski definition) is 9. The lowest BCUT2D eigenvalue weighted by Crippen LogP contribution is -2.33. The van der Waals surface area contributed by atoms with Crippen LogP contribution in [0.4, 0.5) is 0 Å². The number of aliphatic carboxylic acids is 1. The number of carbonyl (C=O) groups is 2. The summed E-state index contributed by atoms with van der Waals surface area (Å²) in [5, 5.41) is 40.7. The third-order valence-corrected chi connectivity index (χ3v) is 2.86. The Kier molecular flexibility index (Phi) is 9.48. The number of carboxylic acid groups (broad SMARTS) is 1. The maximum Gasteiger partial charge on any atom is 0.335 e. The van der Waals surface area contributed by atoms with E-state index in [-0.39, 0.29) is 0 Å². The normalized spacial score (nSPS) is 12.7. The van der Waals surface area contributed by atoms with E-state index in [2.05, 4.69) is 25.2 Å². The molecule has 0 saturated heterocycles. The highest BCUT2D eigenvalue weighted by atomic mass is 16.5. The number of hydrogen-bond donors (Lipinski definition) is 1. The third kappa shape index (κ3) is 10.6. The first-order valence-electron chi connectivity index (χ1n) is 7.99. The van der Waals surface area contributed by atoms with Crippen LogP contribution in [0, 0.1) is 22.7 Å². The van der Waals surface area contributed by atoms with Gasteiger partial charge >= 0.3 is 11.9 Å². The molecule has 1 N–H and O–H groups in total. The number of carboxylic acids is 1. The molecule has 0 amide bonds. The van der Waals surface area contributed by atoms with Crippen molar-refractivity contribution in [3.63, 3.8) is 0 Å². The van der Waals surface area contributed by atoms with Gasteiger partial charge in [-0.05, 0) is 55.4 Å². The Morgan fingerprint density at radius 3 is 1.37 bits per heavy atom. The van der Waals surface area contributed by atoms with Crippen LogP contribution in [0.2, 0.25) is 0 Å². The number of azo groups is 2. The van der Waals surface area contributed by atoms with E-state index in [0.717, 1.165) is 0 Å². The molecular formula is C17H28N6O4. The summed E-state index contributed by atoms with van der Waals surface area (Å²) in [5.74, 6) is -1.67. The maximum atomic E-state index is 11.2. The highest BCUT2D eigenvalue weighted by molar-refractivity contribution is 5.80. The Morgan fingerprint density at radius 1 is 0.778 bits per heavy atom. The van der Waals surface area contributed by atoms with Gasteiger partial charge in [0.1, 0.15) is 0 Å². The van der Waals surface area contributed by atoms with E-state index in [1.54, 1.807) is 27.7 Å². The fourth-order valence-electron chi connectivity index (χ4n) is 0.878. The molecule has 0 aromatic rings. The summed E-state index contributed by atoms with van der Waals surface area (Å²) in [7, 11) is 1.24. The lowest BCUT2D eigenvalue weighted by atomic mass is 10.1. The summed E-state index contributed by atoms with van der Waals surface area (Å²) in [6.07, 6.45) is 0. The molecule has 0 aliphatic carbocycles. The summed E-state index contributed by atoms with van der Waals surface area (Å²) in [5.41, 5.74) is -4.19. The first-order chi connectivity index (χ1) is 12.0. The van der Waals surface area contributed by atoms with Crippen LogP contribution in [0.3, 0.4) is 0 Å². The standard InChI is InChI=1S/C9H16N2O4.C8H12N4/c1-8(2,6(12)13)10-11-9(3,4)7(14)15-5;1-7(2,5-9)11-12-8(3,4)6-10/h1-5H3,(H,12,13);1-4H3. The van der Waals surface area contributed by atoms with Crippen LogP contribution in [0.1, 0.15) is 55.4 Å². The number of nitriles is 2. The molecule has 150 valence electrons. The van der Waals surface area contributed by atoms with Gasteiger partial charge in [-0.25, -0.2) is 9.59 Å². The zero-order chi connectivity index (χ0) is 22.1. The Bertz CT molecular complexity index is 651. The van der Waals surface area contributed by atoms with Crippen LogP contribution in [0.25, 0.3) is 0 Å². The van der Waals surface area contributed by atoms with E-state index >= 15 is 0 Å². The quantitative estimate of drug-likeness (QED) is 0.549. The van der Waals surface area contributed by atoms with Gasteiger partial charge < -0.3 is 9.84 Å². The fourth-order valence-corrected chi connectivity index (χ4v) is 0.878. The zero-order valence-corrected chi connectivity index (χ0v) is 17.4. The Hall–Kier alpha value is -2.88. The van der Waals surface area contributed by atoms with Crippen LogP contribution >= 0.6 is 0 Å². The Morgan fingerprint density at radius 2 is 1.11 bits per heavy atom. The molecule has 10 heteroatoms. The van der Waals surface area contributed by atoms with Gasteiger partial charge in [-0.2, -0.15) is 31.0 Å². The molecule has 0 atom stereocenters. The smallest absolute Gasteiger partial charge is 0.335 e. The van der Waals surface area contributed by atoms with Crippen LogP contribution in [0.5, 0.6) is 0 Å². The van der Waals surface area contributed by atoms with Crippen molar-refractivity contribution < 1.29 is 19.4 Å². The second kappa shape index (κ2) is 9.72. The lowest BCUT2D eigenvalue weighted by molar-refractivity contribution is -0.146. The van der Waals surface area contributed by atoms with Gasteiger partial charge in [-0.3, -0.25) is 0 Å². The van der Waals surface area contributed by atoms with E-state index in [1.807, 2.05) is 12.1 Å². The number of carbonyl (C=O) groups excluding carboxylic acids is 1. The predicted molar refractivity (Wildman–Crippen MR) is 96.9 cm³/mol. The molecule has 0 heterocycles. The minimum absolute atomic E-state index is 0.563. The summed E-state index contributed by atoms with van der Waals surface area (Å²) >= 11 is 0. The monoisotopic (exact) mass is 380 g/mol. The minimum Gasteiger partial charge on any atom is -0.479 e. The van der Waals surface area contributed by atoms with Crippen LogP contribution < -0.4 is 0 Å². The molecule has 0 aromatic heterocycles. The molecule has 0 fully saturated rings. The van der Waals surface area contributed by atoms with Gasteiger partial charge in [0.05, 0.1) is 19.2 Å². The van der Waals surface area contributed by atoms with Gasteiger partial charge in [0.25, 0.3) is 0 Å². The first-order valence-corrected chi connectivity index (χ1v) is 7.99. The van der Waals surface area contributed by atoms with Crippen molar-refractivity contribution in [2.45, 2.75) is 77.5 Å². The molecule has 0 radical (unpaired) electrons. The van der Waals surface area contributed by atoms with Gasteiger partial charge in [0, 0.05) is 0 Å². The average molecular weight is 380 g/mol. The van der Waals surface area contributed by atoms with Crippen LogP contribution in [-0.4, -0.2) is 46.3 Å². The van der Waals surface area contributed by atoms with Gasteiger partial charge in [0.2, 0.25) is 0 Å². The molecule has 0 rings (SSSR count). The van der Waals surface area contributed by atoms with Gasteiger partial charge in [0.15, 0.2) is 22.2 Å². The molecule has 0 bridgehead atoms. The topological polar surface area (TPSA) is 161 Å². The zero-order valence-electron chi connectivity index (χ0n) is 17.4. The summed E-state index contributed by atoms with van der Waals surface area (Å²) in [6.45, 7) is 12.4. The lowest BCUT2D eigenvalue weighted by Gasteiger charge is -2.18. The highest BCUT2D eigenvalue weighted by Gasteiger charge is 2.32. The van der Waals surface area contributed by atoms with Crippen molar-refractivity contribution in [1.29, 1.82) is 10.5 Å². The highest BCUT2D eigenvalue weighted by Crippen LogP contribution is 2.17. The summed E-state index contributed by atoms with van der Waals surface area (Å²) < 4.78 is 4.50. The van der Waals surface area contributed by atoms with Crippen molar-refractivity contribution in [3.8, 4) is 12.1 Å². The molecule has 10 nitrogen and oxygen atoms in total. The van der Waals surface area contributed by atoms with Crippen molar-refractivity contribution in [1.82, 2.24) is 0 Å². The van der Waals surface area contributed by atoms with Crippen molar-refractivity contribution in [2.24, 2.45) is 20.5 Å². The SMILES string of the molecule is CC(C)(C#N)N=NC(C)(C)C#N.COC(=O)C(C)(C)N=NC(C)(C)C(=O)O.